The van der Waals surface area contributed by atoms with Gasteiger partial charge in [-0.05, 0) is 0 Å². The van der Waals surface area contributed by atoms with Crippen LogP contribution in [0.2, 0.25) is 0 Å². The predicted octanol–water partition coefficient (Wildman–Crippen LogP) is 0.312. The fourth-order valence-electron chi connectivity index (χ4n) is 0.575. The first-order valence-electron chi connectivity index (χ1n) is 3.26. The van der Waals surface area contributed by atoms with Gasteiger partial charge >= 0.3 is 5.97 Å². The Labute approximate surface area is 77.6 Å². The lowest BCUT2D eigenvalue weighted by Gasteiger charge is -1.92. The van der Waals surface area contributed by atoms with Crippen molar-refractivity contribution in [3.05, 3.63) is 11.1 Å². The first-order chi connectivity index (χ1) is 6.18. The molecule has 0 aliphatic rings. The van der Waals surface area contributed by atoms with Gasteiger partial charge in [0.2, 0.25) is 0 Å². The van der Waals surface area contributed by atoms with Gasteiger partial charge in [0.1, 0.15) is 0 Å². The van der Waals surface area contributed by atoms with Crippen LogP contribution in [-0.4, -0.2) is 22.3 Å². The van der Waals surface area contributed by atoms with Gasteiger partial charge in [0, 0.05) is 5.38 Å². The first kappa shape index (κ1) is 9.46. The molecule has 1 heterocycles. The molecule has 7 heteroatoms. The summed E-state index contributed by atoms with van der Waals surface area (Å²) < 4.78 is 0. The second-order valence-electron chi connectivity index (χ2n) is 2.02. The van der Waals surface area contributed by atoms with E-state index in [1.54, 1.807) is 5.38 Å². The minimum atomic E-state index is -1.15. The van der Waals surface area contributed by atoms with Crippen LogP contribution in [0.4, 0.5) is 5.13 Å². The molecular weight excluding hydrogens is 194 g/mol. The Kier molecular flexibility index (Phi) is 3.21. The van der Waals surface area contributed by atoms with Crippen LogP contribution in [0.25, 0.3) is 0 Å². The van der Waals surface area contributed by atoms with E-state index in [1.165, 1.54) is 11.3 Å². The van der Waals surface area contributed by atoms with E-state index in [0.29, 0.717) is 17.0 Å². The Morgan fingerprint density at radius 2 is 2.69 bits per heavy atom. The van der Waals surface area contributed by atoms with Crippen LogP contribution in [0.15, 0.2) is 10.5 Å². The van der Waals surface area contributed by atoms with E-state index in [1.807, 2.05) is 0 Å². The number of nitrogens with two attached hydrogens (primary N) is 1. The minimum absolute atomic E-state index is 0.123. The molecule has 0 amide bonds. The number of aromatic nitrogens is 1. The average molecular weight is 201 g/mol. The van der Waals surface area contributed by atoms with Crippen molar-refractivity contribution in [3.8, 4) is 0 Å². The number of carboxylic acid groups (broad SMARTS) is 1. The van der Waals surface area contributed by atoms with Crippen LogP contribution in [0, 0.1) is 0 Å². The molecule has 0 spiro atoms. The summed E-state index contributed by atoms with van der Waals surface area (Å²) >= 11 is 1.29. The average Bonchev–Trinajstić information content (AvgIpc) is 2.45. The van der Waals surface area contributed by atoms with Gasteiger partial charge in [0.15, 0.2) is 18.0 Å². The summed E-state index contributed by atoms with van der Waals surface area (Å²) in [5.74, 6) is -1.15. The zero-order chi connectivity index (χ0) is 9.68. The lowest BCUT2D eigenvalue weighted by Crippen LogP contribution is -1.96. The first-order valence-corrected chi connectivity index (χ1v) is 4.14. The van der Waals surface area contributed by atoms with Crippen LogP contribution in [0.1, 0.15) is 5.69 Å². The van der Waals surface area contributed by atoms with Gasteiger partial charge in [-0.15, -0.1) is 11.3 Å². The monoisotopic (exact) mass is 201 g/mol. The Bertz CT molecular complexity index is 323. The molecule has 0 aromatic carbocycles. The second kappa shape index (κ2) is 4.41. The molecule has 0 bridgehead atoms. The molecule has 3 N–H and O–H groups in total. The highest BCUT2D eigenvalue weighted by Gasteiger charge is 1.97. The van der Waals surface area contributed by atoms with Crippen LogP contribution >= 0.6 is 11.3 Å². The molecule has 0 radical (unpaired) electrons. The summed E-state index contributed by atoms with van der Waals surface area (Å²) in [7, 11) is 0. The van der Waals surface area contributed by atoms with Gasteiger partial charge in [-0.25, -0.2) is 9.78 Å². The number of hydrogen-bond donors (Lipinski definition) is 2. The van der Waals surface area contributed by atoms with Crippen LogP contribution < -0.4 is 5.73 Å². The number of carboxylic acids is 1. The standard InChI is InChI=1S/C6H7N3O3S/c7-6-9-4(3-13-6)2-12-8-1-5(10)11/h1,3H,2H2,(H2,7,9)(H,10,11)/b8-1+. The van der Waals surface area contributed by atoms with Gasteiger partial charge in [0.05, 0.1) is 5.69 Å². The number of rotatable bonds is 4. The van der Waals surface area contributed by atoms with Crippen molar-refractivity contribution in [2.75, 3.05) is 5.73 Å². The number of nitrogens with zero attached hydrogens (tertiary/aromatic N) is 2. The van der Waals surface area contributed by atoms with Gasteiger partial charge in [-0.1, -0.05) is 5.16 Å². The molecule has 1 aromatic heterocycles. The van der Waals surface area contributed by atoms with Gasteiger partial charge in [0.25, 0.3) is 0 Å². The SMILES string of the molecule is Nc1nc(CO/N=C/C(=O)O)cs1. The highest BCUT2D eigenvalue weighted by molar-refractivity contribution is 7.13. The van der Waals surface area contributed by atoms with E-state index in [9.17, 15) is 4.79 Å². The summed E-state index contributed by atoms with van der Waals surface area (Å²) in [6.07, 6.45) is 0.662. The molecule has 0 saturated carbocycles. The quantitative estimate of drug-likeness (QED) is 0.539. The minimum Gasteiger partial charge on any atom is -0.477 e. The molecule has 0 aliphatic carbocycles. The molecular formula is C6H7N3O3S. The maximum absolute atomic E-state index is 9.95. The number of anilines is 1. The molecule has 70 valence electrons. The largest absolute Gasteiger partial charge is 0.477 e. The lowest BCUT2D eigenvalue weighted by molar-refractivity contribution is -0.129. The molecule has 0 fully saturated rings. The summed E-state index contributed by atoms with van der Waals surface area (Å²) in [6, 6.07) is 0. The topological polar surface area (TPSA) is 97.8 Å². The smallest absolute Gasteiger partial charge is 0.350 e. The molecule has 13 heavy (non-hydrogen) atoms. The number of aliphatic carboxylic acids is 1. The molecule has 0 saturated heterocycles. The fraction of sp³-hybridized carbons (Fsp3) is 0.167. The summed E-state index contributed by atoms with van der Waals surface area (Å²) in [6.45, 7) is 0.123. The van der Waals surface area contributed by atoms with E-state index >= 15 is 0 Å². The Morgan fingerprint density at radius 3 is 3.23 bits per heavy atom. The Hall–Kier alpha value is -1.63. The maximum atomic E-state index is 9.95. The second-order valence-corrected chi connectivity index (χ2v) is 2.91. The van der Waals surface area contributed by atoms with E-state index in [0.717, 1.165) is 0 Å². The zero-order valence-electron chi connectivity index (χ0n) is 6.51. The third kappa shape index (κ3) is 3.52. The highest BCUT2D eigenvalue weighted by atomic mass is 32.1. The number of carbonyl (C=O) groups is 1. The molecule has 0 atom stereocenters. The van der Waals surface area contributed by atoms with E-state index in [-0.39, 0.29) is 6.61 Å². The van der Waals surface area contributed by atoms with Crippen LogP contribution in [0.3, 0.4) is 0 Å². The van der Waals surface area contributed by atoms with Crippen molar-refractivity contribution < 1.29 is 14.7 Å². The van der Waals surface area contributed by atoms with Crippen LogP contribution in [0.5, 0.6) is 0 Å². The van der Waals surface area contributed by atoms with Crippen molar-refractivity contribution >= 4 is 28.7 Å². The van der Waals surface area contributed by atoms with E-state index in [2.05, 4.69) is 15.0 Å². The van der Waals surface area contributed by atoms with Crippen LogP contribution in [-0.2, 0) is 16.2 Å². The molecule has 6 nitrogen and oxygen atoms in total. The Morgan fingerprint density at radius 1 is 1.92 bits per heavy atom. The van der Waals surface area contributed by atoms with Crippen molar-refractivity contribution in [2.45, 2.75) is 6.61 Å². The number of oxime groups is 1. The summed E-state index contributed by atoms with van der Waals surface area (Å²) in [5.41, 5.74) is 5.98. The predicted molar refractivity (Wildman–Crippen MR) is 47.4 cm³/mol. The number of nitrogen functional groups attached to an aromatic ring is 1. The fourth-order valence-corrected chi connectivity index (χ4v) is 1.12. The molecule has 1 rings (SSSR count). The summed E-state index contributed by atoms with van der Waals surface area (Å²) in [5, 5.41) is 13.5. The third-order valence-electron chi connectivity index (χ3n) is 1.02. The molecule has 0 aliphatic heterocycles. The van der Waals surface area contributed by atoms with E-state index < -0.39 is 5.97 Å². The van der Waals surface area contributed by atoms with Crippen molar-refractivity contribution in [1.29, 1.82) is 0 Å². The van der Waals surface area contributed by atoms with Gasteiger partial charge in [-0.2, -0.15) is 0 Å². The molecule has 1 aromatic rings. The van der Waals surface area contributed by atoms with Gasteiger partial charge < -0.3 is 15.7 Å². The maximum Gasteiger partial charge on any atom is 0.350 e. The Balaban J connectivity index is 2.31. The number of hydrogen-bond acceptors (Lipinski definition) is 6. The highest BCUT2D eigenvalue weighted by Crippen LogP contribution is 2.11. The number of thiazole rings is 1. The molecule has 0 unspecified atom stereocenters. The summed E-state index contributed by atoms with van der Waals surface area (Å²) in [4.78, 5) is 18.5. The van der Waals surface area contributed by atoms with E-state index in [4.69, 9.17) is 10.8 Å². The zero-order valence-corrected chi connectivity index (χ0v) is 7.32. The van der Waals surface area contributed by atoms with Gasteiger partial charge in [-0.3, -0.25) is 0 Å². The van der Waals surface area contributed by atoms with Crippen molar-refractivity contribution in [2.24, 2.45) is 5.16 Å². The van der Waals surface area contributed by atoms with Crippen molar-refractivity contribution in [1.82, 2.24) is 4.98 Å². The third-order valence-corrected chi connectivity index (χ3v) is 1.74. The normalized spacial score (nSPS) is 10.5. The van der Waals surface area contributed by atoms with Crippen molar-refractivity contribution in [3.63, 3.8) is 0 Å². The lowest BCUT2D eigenvalue weighted by atomic mass is 10.5.